The van der Waals surface area contributed by atoms with Gasteiger partial charge in [0, 0.05) is 6.26 Å². The lowest BCUT2D eigenvalue weighted by Crippen LogP contribution is -2.40. The molecule has 0 aliphatic heterocycles. The fraction of sp³-hybridized carbons (Fsp3) is 0.417. The molecule has 0 saturated carbocycles. The normalized spacial score (nSPS) is 13.8. The molecule has 9 heteroatoms. The zero-order valence-electron chi connectivity index (χ0n) is 11.6. The zero-order valence-corrected chi connectivity index (χ0v) is 13.2. The molecule has 0 saturated heterocycles. The summed E-state index contributed by atoms with van der Waals surface area (Å²) < 4.78 is 49.2. The first-order chi connectivity index (χ1) is 9.58. The maximum absolute atomic E-state index is 12.1. The average molecular weight is 335 g/mol. The molecule has 2 N–H and O–H groups in total. The van der Waals surface area contributed by atoms with Crippen molar-refractivity contribution in [3.63, 3.8) is 0 Å². The van der Waals surface area contributed by atoms with E-state index in [0.29, 0.717) is 6.42 Å². The Morgan fingerprint density at radius 1 is 1.24 bits per heavy atom. The summed E-state index contributed by atoms with van der Waals surface area (Å²) in [6, 6.07) is 3.53. The predicted molar refractivity (Wildman–Crippen MR) is 76.2 cm³/mol. The van der Waals surface area contributed by atoms with E-state index in [1.54, 1.807) is 6.92 Å². The second-order valence-electron chi connectivity index (χ2n) is 4.55. The highest BCUT2D eigenvalue weighted by atomic mass is 32.2. The third-order valence-corrected chi connectivity index (χ3v) is 5.30. The second-order valence-corrected chi connectivity index (χ2v) is 8.28. The Hall–Kier alpha value is -1.45. The molecule has 7 nitrogen and oxygen atoms in total. The van der Waals surface area contributed by atoms with E-state index in [-0.39, 0.29) is 16.2 Å². The molecule has 0 heterocycles. The minimum atomic E-state index is -4.10. The number of benzene rings is 1. The van der Waals surface area contributed by atoms with Crippen LogP contribution in [0.2, 0.25) is 0 Å². The molecule has 0 aromatic heterocycles. The van der Waals surface area contributed by atoms with E-state index >= 15 is 0 Å². The number of hydrogen-bond donors (Lipinski definition) is 2. The van der Waals surface area contributed by atoms with Gasteiger partial charge < -0.3 is 5.11 Å². The quantitative estimate of drug-likeness (QED) is 0.754. The number of carbonyl (C=O) groups is 1. The summed E-state index contributed by atoms with van der Waals surface area (Å²) in [5.74, 6) is -1.28. The molecule has 0 aliphatic rings. The predicted octanol–water partition coefficient (Wildman–Crippen LogP) is 0.622. The highest BCUT2D eigenvalue weighted by Gasteiger charge is 2.25. The van der Waals surface area contributed by atoms with Crippen LogP contribution in [0.5, 0.6) is 0 Å². The van der Waals surface area contributed by atoms with Crippen molar-refractivity contribution < 1.29 is 26.7 Å². The van der Waals surface area contributed by atoms with Gasteiger partial charge in [0.25, 0.3) is 0 Å². The summed E-state index contributed by atoms with van der Waals surface area (Å²) in [5.41, 5.74) is 0. The molecular formula is C12H17NO6S2. The number of carboxylic acid groups (broad SMARTS) is 1. The highest BCUT2D eigenvalue weighted by molar-refractivity contribution is 7.91. The Morgan fingerprint density at radius 2 is 1.81 bits per heavy atom. The molecule has 0 spiro atoms. The second kappa shape index (κ2) is 6.54. The number of rotatable bonds is 7. The van der Waals surface area contributed by atoms with Crippen LogP contribution in [0, 0.1) is 0 Å². The van der Waals surface area contributed by atoms with Crippen molar-refractivity contribution in [3.05, 3.63) is 24.3 Å². The molecule has 1 rings (SSSR count). The summed E-state index contributed by atoms with van der Waals surface area (Å²) in [6.45, 7) is 1.73. The molecule has 1 atom stereocenters. The van der Waals surface area contributed by atoms with Gasteiger partial charge in [-0.3, -0.25) is 4.79 Å². The van der Waals surface area contributed by atoms with E-state index in [0.717, 1.165) is 12.3 Å². The van der Waals surface area contributed by atoms with Crippen molar-refractivity contribution in [1.82, 2.24) is 4.72 Å². The van der Waals surface area contributed by atoms with Crippen molar-refractivity contribution in [1.29, 1.82) is 0 Å². The van der Waals surface area contributed by atoms with Crippen LogP contribution in [0.15, 0.2) is 34.1 Å². The summed E-state index contributed by atoms with van der Waals surface area (Å²) >= 11 is 0. The Bertz CT molecular complexity index is 724. The van der Waals surface area contributed by atoms with Gasteiger partial charge in [0.1, 0.15) is 6.04 Å². The van der Waals surface area contributed by atoms with Gasteiger partial charge in [-0.05, 0) is 24.6 Å². The summed E-state index contributed by atoms with van der Waals surface area (Å²) in [6.07, 6.45) is 1.59. The van der Waals surface area contributed by atoms with Crippen LogP contribution in [-0.4, -0.2) is 40.2 Å². The van der Waals surface area contributed by atoms with Crippen molar-refractivity contribution in [2.24, 2.45) is 0 Å². The number of hydrogen-bond acceptors (Lipinski definition) is 5. The lowest BCUT2D eigenvalue weighted by atomic mass is 10.2. The van der Waals surface area contributed by atoms with Crippen LogP contribution in [0.3, 0.4) is 0 Å². The van der Waals surface area contributed by atoms with E-state index < -0.39 is 31.9 Å². The minimum absolute atomic E-state index is 0.139. The van der Waals surface area contributed by atoms with Gasteiger partial charge in [-0.15, -0.1) is 0 Å². The van der Waals surface area contributed by atoms with Crippen LogP contribution in [0.1, 0.15) is 19.8 Å². The Morgan fingerprint density at radius 3 is 2.29 bits per heavy atom. The molecule has 21 heavy (non-hydrogen) atoms. The van der Waals surface area contributed by atoms with Crippen LogP contribution in [0.25, 0.3) is 0 Å². The van der Waals surface area contributed by atoms with Crippen molar-refractivity contribution in [2.45, 2.75) is 35.6 Å². The molecule has 118 valence electrons. The Balaban J connectivity index is 3.16. The van der Waals surface area contributed by atoms with Crippen molar-refractivity contribution >= 4 is 25.8 Å². The molecule has 0 fully saturated rings. The minimum Gasteiger partial charge on any atom is -0.480 e. The molecule has 0 radical (unpaired) electrons. The number of carboxylic acids is 1. The first kappa shape index (κ1) is 17.6. The van der Waals surface area contributed by atoms with E-state index in [2.05, 4.69) is 4.72 Å². The first-order valence-corrected chi connectivity index (χ1v) is 9.50. The van der Waals surface area contributed by atoms with Gasteiger partial charge in [-0.2, -0.15) is 4.72 Å². The Labute approximate surface area is 124 Å². The molecular weight excluding hydrogens is 318 g/mol. The summed E-state index contributed by atoms with van der Waals surface area (Å²) in [5, 5.41) is 8.98. The highest BCUT2D eigenvalue weighted by Crippen LogP contribution is 2.16. The van der Waals surface area contributed by atoms with Gasteiger partial charge in [0.05, 0.1) is 9.79 Å². The fourth-order valence-corrected chi connectivity index (χ4v) is 3.66. The maximum Gasteiger partial charge on any atom is 0.321 e. The summed E-state index contributed by atoms with van der Waals surface area (Å²) in [7, 11) is -7.65. The zero-order chi connectivity index (χ0) is 16.3. The molecule has 0 bridgehead atoms. The molecule has 1 aromatic carbocycles. The van der Waals surface area contributed by atoms with Crippen LogP contribution in [0.4, 0.5) is 0 Å². The number of sulfone groups is 1. The van der Waals surface area contributed by atoms with Gasteiger partial charge in [0.15, 0.2) is 9.84 Å². The topological polar surface area (TPSA) is 118 Å². The van der Waals surface area contributed by atoms with Crippen LogP contribution >= 0.6 is 0 Å². The van der Waals surface area contributed by atoms with E-state index in [9.17, 15) is 21.6 Å². The number of sulfonamides is 1. The fourth-order valence-electron chi connectivity index (χ4n) is 1.65. The van der Waals surface area contributed by atoms with Crippen molar-refractivity contribution in [2.75, 3.05) is 6.26 Å². The largest absolute Gasteiger partial charge is 0.480 e. The smallest absolute Gasteiger partial charge is 0.321 e. The summed E-state index contributed by atoms with van der Waals surface area (Å²) in [4.78, 5) is 10.6. The van der Waals surface area contributed by atoms with Gasteiger partial charge in [0.2, 0.25) is 10.0 Å². The number of nitrogens with one attached hydrogen (secondary N) is 1. The lowest BCUT2D eigenvalue weighted by Gasteiger charge is -2.14. The van der Waals surface area contributed by atoms with E-state index in [1.807, 2.05) is 0 Å². The van der Waals surface area contributed by atoms with Crippen LogP contribution < -0.4 is 4.72 Å². The first-order valence-electron chi connectivity index (χ1n) is 6.13. The third-order valence-electron chi connectivity index (χ3n) is 2.72. The van der Waals surface area contributed by atoms with Gasteiger partial charge in [-0.1, -0.05) is 19.4 Å². The molecule has 0 amide bonds. The monoisotopic (exact) mass is 335 g/mol. The van der Waals surface area contributed by atoms with Gasteiger partial charge in [-0.25, -0.2) is 16.8 Å². The molecule has 1 aromatic rings. The lowest BCUT2D eigenvalue weighted by molar-refractivity contribution is -0.139. The molecule has 1 unspecified atom stereocenters. The van der Waals surface area contributed by atoms with Crippen LogP contribution in [-0.2, 0) is 24.7 Å². The standard InChI is InChI=1S/C12H17NO6S2/c1-3-5-11(12(14)15)13-21(18,19)10-7-4-6-9(8-10)20(2,16)17/h4,6-8,11,13H,3,5H2,1-2H3,(H,14,15). The Kier molecular flexibility index (Phi) is 5.48. The van der Waals surface area contributed by atoms with E-state index in [4.69, 9.17) is 5.11 Å². The molecule has 0 aliphatic carbocycles. The maximum atomic E-state index is 12.1. The third kappa shape index (κ3) is 4.80. The van der Waals surface area contributed by atoms with E-state index in [1.165, 1.54) is 18.2 Å². The van der Waals surface area contributed by atoms with Crippen molar-refractivity contribution in [3.8, 4) is 0 Å². The van der Waals surface area contributed by atoms with Gasteiger partial charge >= 0.3 is 5.97 Å². The SMILES string of the molecule is CCCC(NS(=O)(=O)c1cccc(S(C)(=O)=O)c1)C(=O)O. The number of aliphatic carboxylic acids is 1. The average Bonchev–Trinajstić information content (AvgIpc) is 2.37.